The average Bonchev–Trinajstić information content (AvgIpc) is 3.36. The fourth-order valence-corrected chi connectivity index (χ4v) is 2.65. The maximum atomic E-state index is 12.0. The van der Waals surface area contributed by atoms with E-state index in [9.17, 15) is 9.59 Å². The molecule has 0 aliphatic carbocycles. The van der Waals surface area contributed by atoms with Crippen LogP contribution in [0, 0.1) is 0 Å². The molecule has 0 aliphatic rings. The highest BCUT2D eigenvalue weighted by molar-refractivity contribution is 7.08. The second-order valence-corrected chi connectivity index (χ2v) is 5.88. The molecule has 3 aromatic rings. The first-order chi connectivity index (χ1) is 12.7. The third-order valence-electron chi connectivity index (χ3n) is 3.35. The van der Waals surface area contributed by atoms with E-state index in [1.54, 1.807) is 24.3 Å². The van der Waals surface area contributed by atoms with Crippen LogP contribution in [0.15, 0.2) is 45.6 Å². The van der Waals surface area contributed by atoms with Crippen molar-refractivity contribution in [1.29, 1.82) is 0 Å². The third-order valence-corrected chi connectivity index (χ3v) is 4.03. The minimum atomic E-state index is -0.609. The van der Waals surface area contributed by atoms with Crippen molar-refractivity contribution in [3.63, 3.8) is 0 Å². The van der Waals surface area contributed by atoms with E-state index in [1.165, 1.54) is 18.4 Å². The minimum absolute atomic E-state index is 0.158. The molecule has 0 saturated heterocycles. The summed E-state index contributed by atoms with van der Waals surface area (Å²) < 4.78 is 15.1. The Balaban J connectivity index is 1.44. The number of nitrogens with one attached hydrogen (secondary N) is 1. The van der Waals surface area contributed by atoms with Crippen LogP contribution in [0.2, 0.25) is 0 Å². The highest BCUT2D eigenvalue weighted by Crippen LogP contribution is 2.18. The van der Waals surface area contributed by atoms with Crippen molar-refractivity contribution < 1.29 is 23.6 Å². The maximum absolute atomic E-state index is 12.0. The van der Waals surface area contributed by atoms with Gasteiger partial charge in [-0.1, -0.05) is 5.16 Å². The number of ether oxygens (including phenoxy) is 2. The molecule has 0 fully saturated rings. The van der Waals surface area contributed by atoms with Gasteiger partial charge in [-0.05, 0) is 35.7 Å². The molecule has 1 amide bonds. The number of carbonyl (C=O) groups excluding carboxylic acids is 2. The molecule has 9 heteroatoms. The van der Waals surface area contributed by atoms with Gasteiger partial charge in [-0.15, -0.1) is 0 Å². The first kappa shape index (κ1) is 17.6. The Morgan fingerprint density at radius 3 is 2.73 bits per heavy atom. The van der Waals surface area contributed by atoms with Gasteiger partial charge in [0.2, 0.25) is 5.82 Å². The van der Waals surface area contributed by atoms with Crippen molar-refractivity contribution >= 4 is 23.2 Å². The summed E-state index contributed by atoms with van der Waals surface area (Å²) >= 11 is 1.52. The Morgan fingerprint density at radius 2 is 2.04 bits per heavy atom. The zero-order valence-electron chi connectivity index (χ0n) is 13.8. The van der Waals surface area contributed by atoms with E-state index in [2.05, 4.69) is 15.5 Å². The lowest BCUT2D eigenvalue weighted by Crippen LogP contribution is -2.30. The Morgan fingerprint density at radius 1 is 1.23 bits per heavy atom. The van der Waals surface area contributed by atoms with Gasteiger partial charge in [-0.2, -0.15) is 16.3 Å². The standard InChI is InChI=1S/C17H15N3O5S/c1-23-13-4-2-11(3-5-13)17(22)18-8-15(21)24-9-14-19-16(20-25-14)12-6-7-26-10-12/h2-7,10H,8-9H2,1H3,(H,18,22). The third kappa shape index (κ3) is 4.45. The van der Waals surface area contributed by atoms with Crippen LogP contribution in [0.1, 0.15) is 16.2 Å². The van der Waals surface area contributed by atoms with Gasteiger partial charge in [0.1, 0.15) is 12.3 Å². The van der Waals surface area contributed by atoms with E-state index in [-0.39, 0.29) is 24.9 Å². The van der Waals surface area contributed by atoms with Gasteiger partial charge in [0.05, 0.1) is 7.11 Å². The molecule has 0 atom stereocenters. The van der Waals surface area contributed by atoms with Crippen molar-refractivity contribution in [2.45, 2.75) is 6.61 Å². The molecule has 0 saturated carbocycles. The van der Waals surface area contributed by atoms with E-state index in [0.717, 1.165) is 5.56 Å². The van der Waals surface area contributed by atoms with Crippen molar-refractivity contribution in [2.24, 2.45) is 0 Å². The summed E-state index contributed by atoms with van der Waals surface area (Å²) in [5.41, 5.74) is 1.25. The Bertz CT molecular complexity index is 874. The predicted molar refractivity (Wildman–Crippen MR) is 92.7 cm³/mol. The van der Waals surface area contributed by atoms with Crippen LogP contribution in [0.5, 0.6) is 5.75 Å². The Hall–Kier alpha value is -3.20. The predicted octanol–water partition coefficient (Wildman–Crippen LogP) is 2.28. The number of hydrogen-bond donors (Lipinski definition) is 1. The zero-order chi connectivity index (χ0) is 18.4. The van der Waals surface area contributed by atoms with Crippen molar-refractivity contribution in [3.05, 3.63) is 52.5 Å². The molecular formula is C17H15N3O5S. The molecular weight excluding hydrogens is 358 g/mol. The lowest BCUT2D eigenvalue weighted by atomic mass is 10.2. The summed E-state index contributed by atoms with van der Waals surface area (Å²) in [7, 11) is 1.54. The van der Waals surface area contributed by atoms with Gasteiger partial charge in [0, 0.05) is 16.5 Å². The second-order valence-electron chi connectivity index (χ2n) is 5.10. The van der Waals surface area contributed by atoms with Crippen LogP contribution in [-0.2, 0) is 16.1 Å². The largest absolute Gasteiger partial charge is 0.497 e. The number of thiophene rings is 1. The average molecular weight is 373 g/mol. The second kappa shape index (κ2) is 8.26. The van der Waals surface area contributed by atoms with Crippen molar-refractivity contribution in [3.8, 4) is 17.1 Å². The lowest BCUT2D eigenvalue weighted by molar-refractivity contribution is -0.144. The first-order valence-electron chi connectivity index (χ1n) is 7.59. The topological polar surface area (TPSA) is 104 Å². The normalized spacial score (nSPS) is 10.3. The van der Waals surface area contributed by atoms with Crippen LogP contribution >= 0.6 is 11.3 Å². The number of amides is 1. The maximum Gasteiger partial charge on any atom is 0.325 e. The molecule has 2 heterocycles. The summed E-state index contributed by atoms with van der Waals surface area (Å²) in [6.45, 7) is -0.426. The van der Waals surface area contributed by atoms with Crippen LogP contribution in [0.25, 0.3) is 11.4 Å². The highest BCUT2D eigenvalue weighted by Gasteiger charge is 2.13. The van der Waals surface area contributed by atoms with Gasteiger partial charge in [0.25, 0.3) is 11.8 Å². The molecule has 0 unspecified atom stereocenters. The number of methoxy groups -OCH3 is 1. The van der Waals surface area contributed by atoms with Crippen molar-refractivity contribution in [1.82, 2.24) is 15.5 Å². The highest BCUT2D eigenvalue weighted by atomic mass is 32.1. The Kier molecular flexibility index (Phi) is 5.59. The molecule has 0 aliphatic heterocycles. The fourth-order valence-electron chi connectivity index (χ4n) is 2.01. The monoisotopic (exact) mass is 373 g/mol. The van der Waals surface area contributed by atoms with Gasteiger partial charge < -0.3 is 19.3 Å². The quantitative estimate of drug-likeness (QED) is 0.634. The molecule has 0 bridgehead atoms. The van der Waals surface area contributed by atoms with E-state index in [4.69, 9.17) is 14.0 Å². The van der Waals surface area contributed by atoms with Crippen LogP contribution in [-0.4, -0.2) is 35.7 Å². The van der Waals surface area contributed by atoms with Crippen LogP contribution in [0.3, 0.4) is 0 Å². The number of hydrogen-bond acceptors (Lipinski definition) is 8. The first-order valence-corrected chi connectivity index (χ1v) is 8.53. The van der Waals surface area contributed by atoms with E-state index >= 15 is 0 Å². The number of nitrogens with zero attached hydrogens (tertiary/aromatic N) is 2. The fraction of sp³-hybridized carbons (Fsp3) is 0.176. The number of aromatic nitrogens is 2. The van der Waals surface area contributed by atoms with E-state index in [1.807, 2.05) is 16.8 Å². The molecule has 26 heavy (non-hydrogen) atoms. The zero-order valence-corrected chi connectivity index (χ0v) is 14.6. The van der Waals surface area contributed by atoms with Gasteiger partial charge in [-0.3, -0.25) is 9.59 Å². The van der Waals surface area contributed by atoms with Crippen LogP contribution in [0.4, 0.5) is 0 Å². The van der Waals surface area contributed by atoms with Gasteiger partial charge >= 0.3 is 5.97 Å². The molecule has 0 spiro atoms. The van der Waals surface area contributed by atoms with Crippen LogP contribution < -0.4 is 10.1 Å². The lowest BCUT2D eigenvalue weighted by Gasteiger charge is -2.06. The van der Waals surface area contributed by atoms with Gasteiger partial charge in [-0.25, -0.2) is 0 Å². The van der Waals surface area contributed by atoms with E-state index in [0.29, 0.717) is 17.1 Å². The summed E-state index contributed by atoms with van der Waals surface area (Å²) in [4.78, 5) is 27.8. The smallest absolute Gasteiger partial charge is 0.325 e. The molecule has 8 nitrogen and oxygen atoms in total. The summed E-state index contributed by atoms with van der Waals surface area (Å²) in [6, 6.07) is 8.38. The number of rotatable bonds is 7. The minimum Gasteiger partial charge on any atom is -0.497 e. The molecule has 134 valence electrons. The summed E-state index contributed by atoms with van der Waals surface area (Å²) in [5, 5.41) is 10.1. The van der Waals surface area contributed by atoms with Gasteiger partial charge in [0.15, 0.2) is 6.61 Å². The number of carbonyl (C=O) groups is 2. The van der Waals surface area contributed by atoms with Crippen molar-refractivity contribution in [2.75, 3.05) is 13.7 Å². The molecule has 1 N–H and O–H groups in total. The van der Waals surface area contributed by atoms with E-state index < -0.39 is 5.97 Å². The number of esters is 1. The molecule has 2 aromatic heterocycles. The number of benzene rings is 1. The molecule has 0 radical (unpaired) electrons. The SMILES string of the molecule is COc1ccc(C(=O)NCC(=O)OCc2nc(-c3ccsc3)no2)cc1. The molecule has 1 aromatic carbocycles. The summed E-state index contributed by atoms with van der Waals surface area (Å²) in [6.07, 6.45) is 0. The molecule has 3 rings (SSSR count). The Labute approximate surface area is 152 Å². The summed E-state index contributed by atoms with van der Waals surface area (Å²) in [5.74, 6) is 0.262.